The van der Waals surface area contributed by atoms with Crippen LogP contribution in [-0.2, 0) is 9.53 Å². The number of esters is 1. The Morgan fingerprint density at radius 2 is 2.24 bits per heavy atom. The fourth-order valence-corrected chi connectivity index (χ4v) is 1.60. The Labute approximate surface area is 106 Å². The van der Waals surface area contributed by atoms with Gasteiger partial charge in [-0.05, 0) is 19.1 Å². The molecular formula is C10H11BrN2O4. The maximum Gasteiger partial charge on any atom is 0.327 e. The first-order valence-corrected chi connectivity index (χ1v) is 5.53. The van der Waals surface area contributed by atoms with Crippen LogP contribution in [0.25, 0.3) is 0 Å². The van der Waals surface area contributed by atoms with Gasteiger partial charge in [-0.3, -0.25) is 10.1 Å². The van der Waals surface area contributed by atoms with Crippen molar-refractivity contribution in [1.29, 1.82) is 0 Å². The third-order valence-corrected chi connectivity index (χ3v) is 2.58. The molecule has 0 bridgehead atoms. The van der Waals surface area contributed by atoms with Crippen LogP contribution in [0, 0.1) is 10.1 Å². The van der Waals surface area contributed by atoms with Crippen LogP contribution in [-0.4, -0.2) is 24.0 Å². The number of nitrogens with zero attached hydrogens (tertiary/aromatic N) is 1. The summed E-state index contributed by atoms with van der Waals surface area (Å²) in [5, 5.41) is 13.6. The van der Waals surface area contributed by atoms with E-state index in [9.17, 15) is 14.9 Å². The molecule has 0 amide bonds. The van der Waals surface area contributed by atoms with Crippen molar-refractivity contribution in [1.82, 2.24) is 0 Å². The van der Waals surface area contributed by atoms with Crippen molar-refractivity contribution in [3.8, 4) is 0 Å². The Hall–Kier alpha value is -1.63. The Balaban J connectivity index is 2.98. The molecular weight excluding hydrogens is 292 g/mol. The number of hydrogen-bond donors (Lipinski definition) is 1. The molecule has 0 saturated carbocycles. The number of carbonyl (C=O) groups is 1. The summed E-state index contributed by atoms with van der Waals surface area (Å²) in [7, 11) is 1.26. The van der Waals surface area contributed by atoms with E-state index in [0.29, 0.717) is 4.47 Å². The molecule has 0 aliphatic heterocycles. The molecule has 1 unspecified atom stereocenters. The summed E-state index contributed by atoms with van der Waals surface area (Å²) in [6.45, 7) is 1.57. The minimum atomic E-state index is -0.653. The lowest BCUT2D eigenvalue weighted by molar-refractivity contribution is -0.384. The van der Waals surface area contributed by atoms with Crippen LogP contribution in [0.5, 0.6) is 0 Å². The monoisotopic (exact) mass is 302 g/mol. The van der Waals surface area contributed by atoms with E-state index >= 15 is 0 Å². The van der Waals surface area contributed by atoms with Crippen LogP contribution in [0.4, 0.5) is 11.4 Å². The van der Waals surface area contributed by atoms with Crippen LogP contribution in [0.1, 0.15) is 6.92 Å². The predicted octanol–water partition coefficient (Wildman–Crippen LogP) is 2.33. The number of benzene rings is 1. The zero-order valence-electron chi connectivity index (χ0n) is 9.27. The first kappa shape index (κ1) is 13.4. The molecule has 1 aromatic carbocycles. The van der Waals surface area contributed by atoms with Crippen molar-refractivity contribution in [3.05, 3.63) is 32.8 Å². The lowest BCUT2D eigenvalue weighted by Crippen LogP contribution is -2.27. The molecule has 92 valence electrons. The molecule has 17 heavy (non-hydrogen) atoms. The number of anilines is 1. The van der Waals surface area contributed by atoms with Crippen molar-refractivity contribution in [3.63, 3.8) is 0 Å². The van der Waals surface area contributed by atoms with Crippen LogP contribution < -0.4 is 5.32 Å². The Kier molecular flexibility index (Phi) is 4.45. The van der Waals surface area contributed by atoms with Gasteiger partial charge < -0.3 is 10.1 Å². The molecule has 1 atom stereocenters. The van der Waals surface area contributed by atoms with Crippen LogP contribution in [0.3, 0.4) is 0 Å². The lowest BCUT2D eigenvalue weighted by atomic mass is 10.2. The smallest absolute Gasteiger partial charge is 0.327 e. The SMILES string of the molecule is COC(=O)C(C)Nc1ccc(Br)cc1[N+](=O)[O-]. The summed E-state index contributed by atoms with van der Waals surface area (Å²) in [4.78, 5) is 21.5. The van der Waals surface area contributed by atoms with Gasteiger partial charge in [0, 0.05) is 10.5 Å². The average molecular weight is 303 g/mol. The zero-order valence-corrected chi connectivity index (χ0v) is 10.9. The highest BCUT2D eigenvalue weighted by Crippen LogP contribution is 2.28. The third-order valence-electron chi connectivity index (χ3n) is 2.08. The second kappa shape index (κ2) is 5.62. The molecule has 7 heteroatoms. The van der Waals surface area contributed by atoms with E-state index < -0.39 is 16.9 Å². The molecule has 0 saturated heterocycles. The van der Waals surface area contributed by atoms with Crippen LogP contribution in [0.15, 0.2) is 22.7 Å². The van der Waals surface area contributed by atoms with E-state index in [-0.39, 0.29) is 11.4 Å². The van der Waals surface area contributed by atoms with Gasteiger partial charge in [0.05, 0.1) is 12.0 Å². The number of hydrogen-bond acceptors (Lipinski definition) is 5. The number of halogens is 1. The van der Waals surface area contributed by atoms with Crippen molar-refractivity contribution < 1.29 is 14.5 Å². The van der Waals surface area contributed by atoms with E-state index in [2.05, 4.69) is 26.0 Å². The van der Waals surface area contributed by atoms with Gasteiger partial charge in [0.1, 0.15) is 11.7 Å². The van der Waals surface area contributed by atoms with Gasteiger partial charge in [0.15, 0.2) is 0 Å². The predicted molar refractivity (Wildman–Crippen MR) is 65.9 cm³/mol. The quantitative estimate of drug-likeness (QED) is 0.524. The first-order chi connectivity index (χ1) is 7.95. The lowest BCUT2D eigenvalue weighted by Gasteiger charge is -2.12. The van der Waals surface area contributed by atoms with Crippen LogP contribution in [0.2, 0.25) is 0 Å². The number of nitrogens with one attached hydrogen (secondary N) is 1. The number of methoxy groups -OCH3 is 1. The summed E-state index contributed by atoms with van der Waals surface area (Å²) in [6, 6.07) is 3.90. The van der Waals surface area contributed by atoms with Crippen molar-refractivity contribution in [2.24, 2.45) is 0 Å². The largest absolute Gasteiger partial charge is 0.467 e. The fraction of sp³-hybridized carbons (Fsp3) is 0.300. The van der Waals surface area contributed by atoms with E-state index in [1.165, 1.54) is 19.2 Å². The maximum atomic E-state index is 11.2. The third kappa shape index (κ3) is 3.42. The summed E-state index contributed by atoms with van der Waals surface area (Å²) in [5.74, 6) is -0.484. The molecule has 0 fully saturated rings. The summed E-state index contributed by atoms with van der Waals surface area (Å²) < 4.78 is 5.13. The molecule has 0 aromatic heterocycles. The van der Waals surface area contributed by atoms with Crippen molar-refractivity contribution in [2.45, 2.75) is 13.0 Å². The number of rotatable bonds is 4. The number of nitro benzene ring substituents is 1. The van der Waals surface area contributed by atoms with E-state index in [1.807, 2.05) is 0 Å². The first-order valence-electron chi connectivity index (χ1n) is 4.74. The molecule has 1 rings (SSSR count). The van der Waals surface area contributed by atoms with E-state index in [4.69, 9.17) is 0 Å². The summed E-state index contributed by atoms with van der Waals surface area (Å²) in [5.41, 5.74) is 0.172. The molecule has 0 heterocycles. The van der Waals surface area contributed by atoms with Gasteiger partial charge in [-0.25, -0.2) is 4.79 Å². The molecule has 6 nitrogen and oxygen atoms in total. The zero-order chi connectivity index (χ0) is 13.0. The van der Waals surface area contributed by atoms with Crippen molar-refractivity contribution in [2.75, 3.05) is 12.4 Å². The highest BCUT2D eigenvalue weighted by atomic mass is 79.9. The molecule has 1 aromatic rings. The number of carbonyl (C=O) groups excluding carboxylic acids is 1. The highest BCUT2D eigenvalue weighted by molar-refractivity contribution is 9.10. The van der Waals surface area contributed by atoms with Gasteiger partial charge >= 0.3 is 5.97 Å². The van der Waals surface area contributed by atoms with Gasteiger partial charge in [-0.1, -0.05) is 15.9 Å². The van der Waals surface area contributed by atoms with Gasteiger partial charge in [-0.2, -0.15) is 0 Å². The topological polar surface area (TPSA) is 81.5 Å². The second-order valence-corrected chi connectivity index (χ2v) is 4.22. The fourth-order valence-electron chi connectivity index (χ4n) is 1.25. The minimum Gasteiger partial charge on any atom is -0.467 e. The van der Waals surface area contributed by atoms with E-state index in [1.54, 1.807) is 13.0 Å². The number of ether oxygens (including phenoxy) is 1. The van der Waals surface area contributed by atoms with Crippen LogP contribution >= 0.6 is 15.9 Å². The van der Waals surface area contributed by atoms with E-state index in [0.717, 1.165) is 0 Å². The molecule has 0 aliphatic carbocycles. The minimum absolute atomic E-state index is 0.102. The maximum absolute atomic E-state index is 11.2. The number of nitro groups is 1. The normalized spacial score (nSPS) is 11.7. The molecule has 0 aliphatic rings. The second-order valence-electron chi connectivity index (χ2n) is 3.31. The Morgan fingerprint density at radius 3 is 2.76 bits per heavy atom. The summed E-state index contributed by atoms with van der Waals surface area (Å²) >= 11 is 3.15. The molecule has 0 spiro atoms. The van der Waals surface area contributed by atoms with Gasteiger partial charge in [0.25, 0.3) is 5.69 Å². The van der Waals surface area contributed by atoms with Gasteiger partial charge in [0.2, 0.25) is 0 Å². The van der Waals surface area contributed by atoms with Gasteiger partial charge in [-0.15, -0.1) is 0 Å². The molecule has 1 N–H and O–H groups in total. The Morgan fingerprint density at radius 1 is 1.59 bits per heavy atom. The average Bonchev–Trinajstić information content (AvgIpc) is 2.29. The van der Waals surface area contributed by atoms with Crippen molar-refractivity contribution >= 4 is 33.3 Å². The Bertz CT molecular complexity index is 450. The summed E-state index contributed by atoms with van der Waals surface area (Å²) in [6.07, 6.45) is 0. The standard InChI is InChI=1S/C10H11BrN2O4/c1-6(10(14)17-2)12-8-4-3-7(11)5-9(8)13(15)16/h3-6,12H,1-2H3. The molecule has 0 radical (unpaired) electrons. The highest BCUT2D eigenvalue weighted by Gasteiger charge is 2.19.